The lowest BCUT2D eigenvalue weighted by atomic mass is 10.1. The molecule has 2 rings (SSSR count). The van der Waals surface area contributed by atoms with Gasteiger partial charge < -0.3 is 4.90 Å². The van der Waals surface area contributed by atoms with Crippen LogP contribution in [0, 0.1) is 16.0 Å². The van der Waals surface area contributed by atoms with Gasteiger partial charge in [0.2, 0.25) is 15.9 Å². The van der Waals surface area contributed by atoms with Crippen molar-refractivity contribution in [1.82, 2.24) is 9.21 Å². The number of amides is 1. The van der Waals surface area contributed by atoms with Gasteiger partial charge in [0.15, 0.2) is 4.90 Å². The fourth-order valence-electron chi connectivity index (χ4n) is 2.62. The van der Waals surface area contributed by atoms with E-state index in [1.807, 2.05) is 13.8 Å². The number of benzene rings is 1. The third-order valence-corrected chi connectivity index (χ3v) is 5.80. The van der Waals surface area contributed by atoms with Crippen LogP contribution in [0.4, 0.5) is 5.69 Å². The van der Waals surface area contributed by atoms with Crippen LogP contribution in [-0.2, 0) is 14.8 Å². The Bertz CT molecular complexity index is 724. The zero-order valence-corrected chi connectivity index (χ0v) is 14.5. The molecule has 1 aromatic rings. The molecule has 0 radical (unpaired) electrons. The fraction of sp³-hybridized carbons (Fsp3) is 0.533. The Hall–Kier alpha value is -2.00. The number of piperazine rings is 1. The highest BCUT2D eigenvalue weighted by atomic mass is 32.2. The molecule has 0 atom stereocenters. The predicted molar refractivity (Wildman–Crippen MR) is 87.9 cm³/mol. The highest BCUT2D eigenvalue weighted by molar-refractivity contribution is 7.89. The molecule has 0 saturated carbocycles. The van der Waals surface area contributed by atoms with Gasteiger partial charge in [0, 0.05) is 38.7 Å². The molecule has 0 aliphatic carbocycles. The second-order valence-electron chi connectivity index (χ2n) is 6.11. The molecule has 8 nitrogen and oxygen atoms in total. The normalized spacial score (nSPS) is 16.4. The van der Waals surface area contributed by atoms with Crippen molar-refractivity contribution < 1.29 is 18.1 Å². The van der Waals surface area contributed by atoms with Crippen molar-refractivity contribution in [2.24, 2.45) is 5.92 Å². The van der Waals surface area contributed by atoms with E-state index < -0.39 is 20.6 Å². The van der Waals surface area contributed by atoms with Crippen LogP contribution in [0.15, 0.2) is 29.2 Å². The summed E-state index contributed by atoms with van der Waals surface area (Å²) in [6, 6.07) is 5.31. The zero-order valence-electron chi connectivity index (χ0n) is 13.7. The molecule has 0 unspecified atom stereocenters. The van der Waals surface area contributed by atoms with Gasteiger partial charge in [0.05, 0.1) is 4.92 Å². The molecule has 9 heteroatoms. The van der Waals surface area contributed by atoms with Crippen LogP contribution in [0.25, 0.3) is 0 Å². The van der Waals surface area contributed by atoms with Crippen molar-refractivity contribution in [3.05, 3.63) is 34.4 Å². The summed E-state index contributed by atoms with van der Waals surface area (Å²) in [5.74, 6) is 0.249. The Morgan fingerprint density at radius 3 is 2.33 bits per heavy atom. The van der Waals surface area contributed by atoms with E-state index in [9.17, 15) is 23.3 Å². The van der Waals surface area contributed by atoms with Crippen molar-refractivity contribution in [2.45, 2.75) is 25.2 Å². The van der Waals surface area contributed by atoms with Gasteiger partial charge in [-0.3, -0.25) is 14.9 Å². The predicted octanol–water partition coefficient (Wildman–Crippen LogP) is 1.47. The highest BCUT2D eigenvalue weighted by Gasteiger charge is 2.34. The van der Waals surface area contributed by atoms with Gasteiger partial charge in [-0.15, -0.1) is 0 Å². The van der Waals surface area contributed by atoms with Crippen molar-refractivity contribution in [1.29, 1.82) is 0 Å². The van der Waals surface area contributed by atoms with Crippen LogP contribution in [0.3, 0.4) is 0 Å². The number of rotatable bonds is 5. The molecule has 1 amide bonds. The zero-order chi connectivity index (χ0) is 17.9. The molecular weight excluding hydrogens is 334 g/mol. The maximum atomic E-state index is 12.7. The Kier molecular flexibility index (Phi) is 5.55. The van der Waals surface area contributed by atoms with Crippen LogP contribution in [0.1, 0.15) is 20.3 Å². The Balaban J connectivity index is 2.14. The standard InChI is InChI=1S/C15H21N3O5S/c1-12(2)11-15(19)16-7-9-17(10-8-16)24(22,23)14-6-4-3-5-13(14)18(20)21/h3-6,12H,7-11H2,1-2H3. The van der Waals surface area contributed by atoms with Crippen LogP contribution in [0.2, 0.25) is 0 Å². The van der Waals surface area contributed by atoms with E-state index in [1.54, 1.807) is 4.90 Å². The fourth-order valence-corrected chi connectivity index (χ4v) is 4.20. The van der Waals surface area contributed by atoms with Gasteiger partial charge in [0.25, 0.3) is 5.69 Å². The molecule has 0 N–H and O–H groups in total. The summed E-state index contributed by atoms with van der Waals surface area (Å²) in [7, 11) is -3.96. The van der Waals surface area contributed by atoms with Gasteiger partial charge in [-0.1, -0.05) is 26.0 Å². The van der Waals surface area contributed by atoms with Gasteiger partial charge in [-0.2, -0.15) is 4.31 Å². The first kappa shape index (κ1) is 18.3. The SMILES string of the molecule is CC(C)CC(=O)N1CCN(S(=O)(=O)c2ccccc2[N+](=O)[O-])CC1. The lowest BCUT2D eigenvalue weighted by Gasteiger charge is -2.34. The first-order chi connectivity index (χ1) is 11.2. The summed E-state index contributed by atoms with van der Waals surface area (Å²) in [6.45, 7) is 4.77. The summed E-state index contributed by atoms with van der Waals surface area (Å²) < 4.78 is 26.6. The van der Waals surface area contributed by atoms with E-state index in [2.05, 4.69) is 0 Å². The average Bonchev–Trinajstić information content (AvgIpc) is 2.54. The van der Waals surface area contributed by atoms with E-state index in [1.165, 1.54) is 28.6 Å². The van der Waals surface area contributed by atoms with E-state index in [4.69, 9.17) is 0 Å². The quantitative estimate of drug-likeness (QED) is 0.588. The van der Waals surface area contributed by atoms with E-state index in [0.29, 0.717) is 19.5 Å². The van der Waals surface area contributed by atoms with Crippen molar-refractivity contribution in [2.75, 3.05) is 26.2 Å². The first-order valence-electron chi connectivity index (χ1n) is 7.75. The molecular formula is C15H21N3O5S. The van der Waals surface area contributed by atoms with E-state index in [-0.39, 0.29) is 29.8 Å². The minimum Gasteiger partial charge on any atom is -0.340 e. The first-order valence-corrected chi connectivity index (χ1v) is 9.19. The van der Waals surface area contributed by atoms with Gasteiger partial charge in [-0.25, -0.2) is 8.42 Å². The number of nitro benzene ring substituents is 1. The van der Waals surface area contributed by atoms with Crippen molar-refractivity contribution in [3.8, 4) is 0 Å². The monoisotopic (exact) mass is 355 g/mol. The summed E-state index contributed by atoms with van der Waals surface area (Å²) in [6.07, 6.45) is 0.427. The van der Waals surface area contributed by atoms with Crippen LogP contribution >= 0.6 is 0 Å². The average molecular weight is 355 g/mol. The number of hydrogen-bond donors (Lipinski definition) is 0. The maximum Gasteiger partial charge on any atom is 0.289 e. The minimum absolute atomic E-state index is 0.00717. The number of carbonyl (C=O) groups excluding carboxylic acids is 1. The lowest BCUT2D eigenvalue weighted by molar-refractivity contribution is -0.387. The third-order valence-electron chi connectivity index (χ3n) is 3.85. The smallest absolute Gasteiger partial charge is 0.289 e. The maximum absolute atomic E-state index is 12.7. The Labute approximate surface area is 141 Å². The molecule has 1 aliphatic heterocycles. The van der Waals surface area contributed by atoms with Crippen LogP contribution < -0.4 is 0 Å². The van der Waals surface area contributed by atoms with E-state index >= 15 is 0 Å². The summed E-state index contributed by atoms with van der Waals surface area (Å²) in [4.78, 5) is 23.7. The molecule has 1 aliphatic rings. The molecule has 1 heterocycles. The van der Waals surface area contributed by atoms with Crippen LogP contribution in [0.5, 0.6) is 0 Å². The minimum atomic E-state index is -3.96. The van der Waals surface area contributed by atoms with Crippen molar-refractivity contribution >= 4 is 21.6 Å². The molecule has 0 bridgehead atoms. The summed E-state index contributed by atoms with van der Waals surface area (Å²) in [5.41, 5.74) is -0.434. The van der Waals surface area contributed by atoms with Gasteiger partial charge >= 0.3 is 0 Å². The molecule has 24 heavy (non-hydrogen) atoms. The molecule has 0 aromatic heterocycles. The number of nitro groups is 1. The third kappa shape index (κ3) is 3.90. The number of nitrogens with zero attached hydrogens (tertiary/aromatic N) is 3. The molecule has 132 valence electrons. The summed E-state index contributed by atoms with van der Waals surface area (Å²) >= 11 is 0. The number of para-hydroxylation sites is 1. The van der Waals surface area contributed by atoms with Crippen molar-refractivity contribution in [3.63, 3.8) is 0 Å². The number of carbonyl (C=O) groups is 1. The summed E-state index contributed by atoms with van der Waals surface area (Å²) in [5, 5.41) is 11.1. The Morgan fingerprint density at radius 1 is 1.21 bits per heavy atom. The number of sulfonamides is 1. The number of hydrogen-bond acceptors (Lipinski definition) is 5. The van der Waals surface area contributed by atoms with Gasteiger partial charge in [-0.05, 0) is 12.0 Å². The second kappa shape index (κ2) is 7.27. The molecule has 1 aromatic carbocycles. The largest absolute Gasteiger partial charge is 0.340 e. The molecule has 1 saturated heterocycles. The Morgan fingerprint density at radius 2 is 1.79 bits per heavy atom. The highest BCUT2D eigenvalue weighted by Crippen LogP contribution is 2.27. The molecule has 1 fully saturated rings. The second-order valence-corrected chi connectivity index (χ2v) is 8.01. The van der Waals surface area contributed by atoms with Crippen LogP contribution in [-0.4, -0.2) is 54.6 Å². The molecule has 0 spiro atoms. The lowest BCUT2D eigenvalue weighted by Crippen LogP contribution is -2.50. The topological polar surface area (TPSA) is 101 Å². The van der Waals surface area contributed by atoms with Gasteiger partial charge in [0.1, 0.15) is 0 Å². The van der Waals surface area contributed by atoms with E-state index in [0.717, 1.165) is 0 Å².